The smallest absolute Gasteiger partial charge is 0.246 e. The van der Waals surface area contributed by atoms with Gasteiger partial charge in [0.15, 0.2) is 0 Å². The molecule has 0 bridgehead atoms. The third-order valence-electron chi connectivity index (χ3n) is 4.87. The van der Waals surface area contributed by atoms with Gasteiger partial charge in [0.1, 0.15) is 11.3 Å². The van der Waals surface area contributed by atoms with Crippen LogP contribution in [0.3, 0.4) is 0 Å². The highest BCUT2D eigenvalue weighted by atomic mass is 32.2. The topological polar surface area (TPSA) is 80.1 Å². The number of furan rings is 1. The molecule has 1 aromatic carbocycles. The lowest BCUT2D eigenvalue weighted by Gasteiger charge is -2.32. The van der Waals surface area contributed by atoms with Gasteiger partial charge in [-0.05, 0) is 31.1 Å². The molecular weight excluding hydrogens is 368 g/mol. The Morgan fingerprint density at radius 2 is 1.89 bits per heavy atom. The number of piperazine rings is 1. The molecule has 0 atom stereocenters. The SMILES string of the molecule is COc1cc2occ(C)c2cc1/C(C)=C/C(=O)N1CCN(S(C)(=O)=O)CC1. The quantitative estimate of drug-likeness (QED) is 0.746. The number of fused-ring (bicyclic) bond motifs is 1. The monoisotopic (exact) mass is 392 g/mol. The van der Waals surface area contributed by atoms with Crippen LogP contribution in [0.1, 0.15) is 18.1 Å². The molecule has 0 aliphatic carbocycles. The van der Waals surface area contributed by atoms with Crippen LogP contribution in [0.5, 0.6) is 5.75 Å². The Bertz CT molecular complexity index is 999. The van der Waals surface area contributed by atoms with E-state index in [-0.39, 0.29) is 5.91 Å². The summed E-state index contributed by atoms with van der Waals surface area (Å²) in [6, 6.07) is 3.79. The van der Waals surface area contributed by atoms with Gasteiger partial charge in [-0.15, -0.1) is 0 Å². The summed E-state index contributed by atoms with van der Waals surface area (Å²) in [6.45, 7) is 5.23. The van der Waals surface area contributed by atoms with Crippen LogP contribution in [0.4, 0.5) is 0 Å². The number of benzene rings is 1. The summed E-state index contributed by atoms with van der Waals surface area (Å²) in [5.74, 6) is 0.506. The van der Waals surface area contributed by atoms with Crippen molar-refractivity contribution in [2.24, 2.45) is 0 Å². The number of ether oxygens (including phenoxy) is 1. The Kier molecular flexibility index (Phi) is 5.30. The molecule has 0 unspecified atom stereocenters. The highest BCUT2D eigenvalue weighted by molar-refractivity contribution is 7.88. The fraction of sp³-hybridized carbons (Fsp3) is 0.421. The molecule has 1 amide bonds. The van der Waals surface area contributed by atoms with Gasteiger partial charge in [0.2, 0.25) is 15.9 Å². The average molecular weight is 392 g/mol. The Morgan fingerprint density at radius 1 is 1.22 bits per heavy atom. The molecule has 0 radical (unpaired) electrons. The van der Waals surface area contributed by atoms with Gasteiger partial charge in [-0.2, -0.15) is 4.31 Å². The minimum Gasteiger partial charge on any atom is -0.496 e. The number of amides is 1. The molecule has 0 spiro atoms. The van der Waals surface area contributed by atoms with Gasteiger partial charge in [0.25, 0.3) is 0 Å². The molecule has 1 saturated heterocycles. The largest absolute Gasteiger partial charge is 0.496 e. The number of rotatable bonds is 4. The Labute approximate surface area is 159 Å². The number of hydrogen-bond donors (Lipinski definition) is 0. The number of nitrogens with zero attached hydrogens (tertiary/aromatic N) is 2. The van der Waals surface area contributed by atoms with Crippen LogP contribution in [0.15, 0.2) is 28.9 Å². The van der Waals surface area contributed by atoms with Crippen molar-refractivity contribution in [3.05, 3.63) is 35.6 Å². The number of carbonyl (C=O) groups is 1. The summed E-state index contributed by atoms with van der Waals surface area (Å²) in [5.41, 5.74) is 3.37. The highest BCUT2D eigenvalue weighted by Crippen LogP contribution is 2.33. The van der Waals surface area contributed by atoms with Crippen LogP contribution in [0, 0.1) is 6.92 Å². The van der Waals surface area contributed by atoms with Crippen LogP contribution in [0.2, 0.25) is 0 Å². The van der Waals surface area contributed by atoms with E-state index < -0.39 is 10.0 Å². The number of methoxy groups -OCH3 is 1. The first-order valence-corrected chi connectivity index (χ1v) is 10.5. The first-order chi connectivity index (χ1) is 12.7. The number of sulfonamides is 1. The van der Waals surface area contributed by atoms with Crippen LogP contribution < -0.4 is 4.74 Å². The van der Waals surface area contributed by atoms with Crippen molar-refractivity contribution in [3.8, 4) is 5.75 Å². The van der Waals surface area contributed by atoms with Crippen molar-refractivity contribution < 1.29 is 22.4 Å². The number of hydrogen-bond acceptors (Lipinski definition) is 5. The summed E-state index contributed by atoms with van der Waals surface area (Å²) in [4.78, 5) is 14.3. The molecule has 0 N–H and O–H groups in total. The molecule has 8 heteroatoms. The third-order valence-corrected chi connectivity index (χ3v) is 6.18. The molecular formula is C19H24N2O5S. The van der Waals surface area contributed by atoms with Gasteiger partial charge in [0, 0.05) is 49.3 Å². The fourth-order valence-corrected chi connectivity index (χ4v) is 4.08. The molecule has 3 rings (SSSR count). The predicted octanol–water partition coefficient (Wildman–Crippen LogP) is 2.26. The summed E-state index contributed by atoms with van der Waals surface area (Å²) in [7, 11) is -1.63. The molecule has 1 aromatic heterocycles. The van der Waals surface area contributed by atoms with E-state index in [0.717, 1.165) is 27.7 Å². The predicted molar refractivity (Wildman–Crippen MR) is 104 cm³/mol. The van der Waals surface area contributed by atoms with Crippen LogP contribution in [0.25, 0.3) is 16.5 Å². The van der Waals surface area contributed by atoms with E-state index in [4.69, 9.17) is 9.15 Å². The summed E-state index contributed by atoms with van der Waals surface area (Å²) >= 11 is 0. The Balaban J connectivity index is 1.82. The number of allylic oxidation sites excluding steroid dienone is 1. The number of aryl methyl sites for hydroxylation is 1. The summed E-state index contributed by atoms with van der Waals surface area (Å²) in [5, 5.41) is 0.979. The Hall–Kier alpha value is -2.32. The van der Waals surface area contributed by atoms with Gasteiger partial charge in [-0.3, -0.25) is 4.79 Å². The van der Waals surface area contributed by atoms with Crippen molar-refractivity contribution in [2.45, 2.75) is 13.8 Å². The van der Waals surface area contributed by atoms with Crippen LogP contribution in [-0.4, -0.2) is 63.1 Å². The first-order valence-electron chi connectivity index (χ1n) is 8.69. The molecule has 1 aliphatic rings. The lowest BCUT2D eigenvalue weighted by molar-refractivity contribution is -0.127. The van der Waals surface area contributed by atoms with Gasteiger partial charge >= 0.3 is 0 Å². The zero-order chi connectivity index (χ0) is 19.8. The normalized spacial score (nSPS) is 16.7. The van der Waals surface area contributed by atoms with E-state index in [1.54, 1.807) is 24.3 Å². The van der Waals surface area contributed by atoms with Crippen molar-refractivity contribution in [1.29, 1.82) is 0 Å². The van der Waals surface area contributed by atoms with Crippen LogP contribution in [-0.2, 0) is 14.8 Å². The second-order valence-electron chi connectivity index (χ2n) is 6.78. The minimum atomic E-state index is -3.21. The van der Waals surface area contributed by atoms with Gasteiger partial charge in [-0.25, -0.2) is 8.42 Å². The molecule has 0 saturated carbocycles. The summed E-state index contributed by atoms with van der Waals surface area (Å²) in [6.07, 6.45) is 4.46. The minimum absolute atomic E-state index is 0.133. The maximum Gasteiger partial charge on any atom is 0.246 e. The molecule has 2 aromatic rings. The van der Waals surface area contributed by atoms with Crippen molar-refractivity contribution >= 4 is 32.5 Å². The Morgan fingerprint density at radius 3 is 2.48 bits per heavy atom. The maximum atomic E-state index is 12.6. The van der Waals surface area contributed by atoms with Crippen molar-refractivity contribution in [3.63, 3.8) is 0 Å². The second-order valence-corrected chi connectivity index (χ2v) is 8.76. The van der Waals surface area contributed by atoms with Gasteiger partial charge in [0.05, 0.1) is 19.6 Å². The molecule has 7 nitrogen and oxygen atoms in total. The molecule has 146 valence electrons. The van der Waals surface area contributed by atoms with E-state index in [0.29, 0.717) is 31.9 Å². The third kappa shape index (κ3) is 4.01. The number of carbonyl (C=O) groups excluding carboxylic acids is 1. The lowest BCUT2D eigenvalue weighted by atomic mass is 10.0. The molecule has 1 fully saturated rings. The van der Waals surface area contributed by atoms with Crippen molar-refractivity contribution in [1.82, 2.24) is 9.21 Å². The average Bonchev–Trinajstić information content (AvgIpc) is 3.00. The van der Waals surface area contributed by atoms with Gasteiger partial charge in [-0.1, -0.05) is 0 Å². The second kappa shape index (κ2) is 7.36. The van der Waals surface area contributed by atoms with Crippen LogP contribution >= 0.6 is 0 Å². The van der Waals surface area contributed by atoms with Gasteiger partial charge < -0.3 is 14.1 Å². The van der Waals surface area contributed by atoms with E-state index in [2.05, 4.69) is 0 Å². The van der Waals surface area contributed by atoms with E-state index >= 15 is 0 Å². The van der Waals surface area contributed by atoms with E-state index in [9.17, 15) is 13.2 Å². The standard InChI is InChI=1S/C19H24N2O5S/c1-13(9-19(22)20-5-7-21(8-6-20)27(4,23)24)15-10-16-14(2)12-26-18(16)11-17(15)25-3/h9-12H,5-8H2,1-4H3/b13-9+. The lowest BCUT2D eigenvalue weighted by Crippen LogP contribution is -2.49. The maximum absolute atomic E-state index is 12.6. The zero-order valence-corrected chi connectivity index (χ0v) is 16.8. The fourth-order valence-electron chi connectivity index (χ4n) is 3.25. The summed E-state index contributed by atoms with van der Waals surface area (Å²) < 4.78 is 35.6. The molecule has 27 heavy (non-hydrogen) atoms. The van der Waals surface area contributed by atoms with E-state index in [1.165, 1.54) is 10.6 Å². The highest BCUT2D eigenvalue weighted by Gasteiger charge is 2.25. The van der Waals surface area contributed by atoms with Crippen molar-refractivity contribution in [2.75, 3.05) is 39.5 Å². The first kappa shape index (κ1) is 19.4. The zero-order valence-electron chi connectivity index (χ0n) is 16.0. The molecule has 1 aliphatic heterocycles. The van der Waals surface area contributed by atoms with E-state index in [1.807, 2.05) is 26.0 Å². The molecule has 2 heterocycles.